The number of aromatic amines is 1. The smallest absolute Gasteiger partial charge is 0.135 e. The molecule has 4 aromatic rings. The standard InChI is InChI=1S/C23H29N7O2/c1-14(11-21(31)29-9-6-16(32-2)7-10-29)30-13-18-22(28-30)17-4-3-15(19-5-8-25-27-19)12-20(17)26-23(18)24/h3-5,8,12-14,16,21,31H,6-7,9-11H2,1-2H3,(H2,24,26)(H,25,27). The van der Waals surface area contributed by atoms with Crippen LogP contribution >= 0.6 is 0 Å². The molecule has 0 saturated carbocycles. The maximum absolute atomic E-state index is 10.8. The number of nitrogens with one attached hydrogen (secondary N) is 1. The Morgan fingerprint density at radius 2 is 2.06 bits per heavy atom. The van der Waals surface area contributed by atoms with Crippen LogP contribution in [-0.4, -0.2) is 67.5 Å². The average molecular weight is 436 g/mol. The van der Waals surface area contributed by atoms with Crippen LogP contribution in [0.15, 0.2) is 36.7 Å². The summed E-state index contributed by atoms with van der Waals surface area (Å²) in [5.74, 6) is 0.451. The predicted molar refractivity (Wildman–Crippen MR) is 124 cm³/mol. The summed E-state index contributed by atoms with van der Waals surface area (Å²) < 4.78 is 7.33. The number of rotatable bonds is 6. The van der Waals surface area contributed by atoms with Gasteiger partial charge in [0.15, 0.2) is 0 Å². The number of benzene rings is 1. The van der Waals surface area contributed by atoms with Crippen LogP contribution in [0.25, 0.3) is 33.1 Å². The number of H-pyrrole nitrogens is 1. The zero-order valence-electron chi connectivity index (χ0n) is 18.4. The highest BCUT2D eigenvalue weighted by Crippen LogP contribution is 2.31. The maximum atomic E-state index is 10.8. The van der Waals surface area contributed by atoms with Gasteiger partial charge >= 0.3 is 0 Å². The van der Waals surface area contributed by atoms with E-state index in [0.717, 1.165) is 59.0 Å². The van der Waals surface area contributed by atoms with Gasteiger partial charge in [-0.15, -0.1) is 0 Å². The van der Waals surface area contributed by atoms with Crippen LogP contribution in [0.5, 0.6) is 0 Å². The summed E-state index contributed by atoms with van der Waals surface area (Å²) in [7, 11) is 1.75. The maximum Gasteiger partial charge on any atom is 0.135 e. The Morgan fingerprint density at radius 3 is 2.78 bits per heavy atom. The van der Waals surface area contributed by atoms with Crippen molar-refractivity contribution in [3.8, 4) is 11.3 Å². The molecule has 4 heterocycles. The van der Waals surface area contributed by atoms with Crippen molar-refractivity contribution in [2.75, 3.05) is 25.9 Å². The lowest BCUT2D eigenvalue weighted by molar-refractivity contribution is -0.0508. The van der Waals surface area contributed by atoms with Gasteiger partial charge in [-0.1, -0.05) is 6.07 Å². The molecule has 1 aliphatic heterocycles. The summed E-state index contributed by atoms with van der Waals surface area (Å²) >= 11 is 0. The van der Waals surface area contributed by atoms with Crippen molar-refractivity contribution in [3.63, 3.8) is 0 Å². The molecule has 9 heteroatoms. The van der Waals surface area contributed by atoms with Gasteiger partial charge in [0.2, 0.25) is 0 Å². The normalized spacial score (nSPS) is 17.8. The minimum atomic E-state index is -0.515. The zero-order chi connectivity index (χ0) is 22.2. The number of likely N-dealkylation sites (tertiary alicyclic amines) is 1. The molecule has 2 unspecified atom stereocenters. The Labute approximate surface area is 186 Å². The number of pyridine rings is 1. The molecule has 0 aliphatic carbocycles. The number of ether oxygens (including phenoxy) is 1. The molecule has 1 saturated heterocycles. The molecule has 0 bridgehead atoms. The predicted octanol–water partition coefficient (Wildman–Crippen LogP) is 2.94. The van der Waals surface area contributed by atoms with Gasteiger partial charge in [0.1, 0.15) is 17.6 Å². The molecule has 32 heavy (non-hydrogen) atoms. The third-order valence-electron chi connectivity index (χ3n) is 6.53. The monoisotopic (exact) mass is 435 g/mol. The molecule has 4 N–H and O–H groups in total. The summed E-state index contributed by atoms with van der Waals surface area (Å²) in [5.41, 5.74) is 9.73. The fraction of sp³-hybridized carbons (Fsp3) is 0.435. The van der Waals surface area contributed by atoms with E-state index in [4.69, 9.17) is 15.6 Å². The Kier molecular flexibility index (Phi) is 5.54. The van der Waals surface area contributed by atoms with E-state index < -0.39 is 6.23 Å². The fourth-order valence-electron chi connectivity index (χ4n) is 4.57. The van der Waals surface area contributed by atoms with Crippen LogP contribution in [-0.2, 0) is 4.74 Å². The number of hydrogen-bond acceptors (Lipinski definition) is 7. The summed E-state index contributed by atoms with van der Waals surface area (Å²) in [6, 6.07) is 7.95. The first-order valence-corrected chi connectivity index (χ1v) is 11.1. The lowest BCUT2D eigenvalue weighted by Crippen LogP contribution is -2.43. The number of piperidine rings is 1. The van der Waals surface area contributed by atoms with Crippen molar-refractivity contribution in [1.29, 1.82) is 0 Å². The largest absolute Gasteiger partial charge is 0.383 e. The molecule has 9 nitrogen and oxygen atoms in total. The number of anilines is 1. The van der Waals surface area contributed by atoms with Gasteiger partial charge in [-0.2, -0.15) is 10.2 Å². The van der Waals surface area contributed by atoms with Gasteiger partial charge in [-0.25, -0.2) is 4.98 Å². The van der Waals surface area contributed by atoms with Crippen LogP contribution in [0, 0.1) is 0 Å². The Hall–Kier alpha value is -3.01. The number of nitrogens with zero attached hydrogens (tertiary/aromatic N) is 5. The molecule has 1 aliphatic rings. The first kappa shape index (κ1) is 20.9. The number of nitrogens with two attached hydrogens (primary N) is 1. The van der Waals surface area contributed by atoms with Crippen molar-refractivity contribution in [1.82, 2.24) is 29.9 Å². The topological polar surface area (TPSA) is 118 Å². The number of nitrogen functional groups attached to an aromatic ring is 1. The number of aliphatic hydroxyl groups excluding tert-OH is 1. The van der Waals surface area contributed by atoms with Gasteiger partial charge in [-0.05, 0) is 38.0 Å². The molecule has 168 valence electrons. The molecule has 2 atom stereocenters. The highest BCUT2D eigenvalue weighted by atomic mass is 16.5. The second kappa shape index (κ2) is 8.50. The third kappa shape index (κ3) is 3.83. The van der Waals surface area contributed by atoms with Gasteiger partial charge in [0, 0.05) is 50.0 Å². The number of hydrogen-bond donors (Lipinski definition) is 3. The summed E-state index contributed by atoms with van der Waals surface area (Å²) in [5, 5.41) is 24.5. The molecule has 0 amide bonds. The first-order chi connectivity index (χ1) is 15.5. The SMILES string of the molecule is COC1CCN(C(O)CC(C)n2cc3c(N)nc4cc(-c5cc[nH]n5)ccc4c3n2)CC1. The molecule has 1 aromatic carbocycles. The minimum absolute atomic E-state index is 0.00956. The molecule has 1 fully saturated rings. The van der Waals surface area contributed by atoms with Gasteiger partial charge in [-0.3, -0.25) is 14.7 Å². The van der Waals surface area contributed by atoms with E-state index in [0.29, 0.717) is 18.3 Å². The van der Waals surface area contributed by atoms with Crippen molar-refractivity contribution in [2.45, 2.75) is 44.6 Å². The number of fused-ring (bicyclic) bond motifs is 3. The van der Waals surface area contributed by atoms with Crippen molar-refractivity contribution < 1.29 is 9.84 Å². The van der Waals surface area contributed by atoms with Gasteiger partial charge in [0.05, 0.1) is 28.7 Å². The summed E-state index contributed by atoms with van der Waals surface area (Å²) in [4.78, 5) is 6.74. The van der Waals surface area contributed by atoms with Crippen LogP contribution in [0.1, 0.15) is 32.2 Å². The lowest BCUT2D eigenvalue weighted by atomic mass is 10.1. The van der Waals surface area contributed by atoms with Crippen molar-refractivity contribution >= 4 is 27.6 Å². The minimum Gasteiger partial charge on any atom is -0.383 e. The van der Waals surface area contributed by atoms with E-state index in [-0.39, 0.29) is 6.04 Å². The molecule has 3 aromatic heterocycles. The molecule has 5 rings (SSSR count). The molecular formula is C23H29N7O2. The van der Waals surface area contributed by atoms with Crippen LogP contribution in [0.4, 0.5) is 5.82 Å². The Morgan fingerprint density at radius 1 is 1.25 bits per heavy atom. The first-order valence-electron chi connectivity index (χ1n) is 11.1. The van der Waals surface area contributed by atoms with Crippen LogP contribution in [0.3, 0.4) is 0 Å². The molecule has 0 spiro atoms. The highest BCUT2D eigenvalue weighted by Gasteiger charge is 2.25. The molecule has 0 radical (unpaired) electrons. The highest BCUT2D eigenvalue weighted by molar-refractivity contribution is 6.08. The third-order valence-corrected chi connectivity index (χ3v) is 6.53. The van der Waals surface area contributed by atoms with E-state index in [1.807, 2.05) is 35.1 Å². The van der Waals surface area contributed by atoms with Crippen LogP contribution in [0.2, 0.25) is 0 Å². The second-order valence-electron chi connectivity index (χ2n) is 8.60. The Bertz CT molecular complexity index is 1210. The van der Waals surface area contributed by atoms with Gasteiger partial charge in [0.25, 0.3) is 0 Å². The number of aromatic nitrogens is 5. The van der Waals surface area contributed by atoms with Gasteiger partial charge < -0.3 is 15.6 Å². The number of aliphatic hydroxyl groups is 1. The van der Waals surface area contributed by atoms with E-state index in [1.54, 1.807) is 13.3 Å². The quantitative estimate of drug-likeness (QED) is 0.426. The summed E-state index contributed by atoms with van der Waals surface area (Å²) in [6.45, 7) is 3.75. The van der Waals surface area contributed by atoms with Crippen molar-refractivity contribution in [2.24, 2.45) is 0 Å². The number of methoxy groups -OCH3 is 1. The summed E-state index contributed by atoms with van der Waals surface area (Å²) in [6.07, 6.45) is 5.99. The lowest BCUT2D eigenvalue weighted by Gasteiger charge is -2.35. The second-order valence-corrected chi connectivity index (χ2v) is 8.60. The Balaban J connectivity index is 1.40. The average Bonchev–Trinajstić information content (AvgIpc) is 3.50. The van der Waals surface area contributed by atoms with Crippen molar-refractivity contribution in [3.05, 3.63) is 36.7 Å². The zero-order valence-corrected chi connectivity index (χ0v) is 18.4. The van der Waals surface area contributed by atoms with E-state index >= 15 is 0 Å². The fourth-order valence-corrected chi connectivity index (χ4v) is 4.57. The van der Waals surface area contributed by atoms with E-state index in [1.165, 1.54) is 0 Å². The van der Waals surface area contributed by atoms with E-state index in [2.05, 4.69) is 27.0 Å². The van der Waals surface area contributed by atoms with Crippen LogP contribution < -0.4 is 5.73 Å². The molecular weight excluding hydrogens is 406 g/mol. The van der Waals surface area contributed by atoms with E-state index in [9.17, 15) is 5.11 Å².